The summed E-state index contributed by atoms with van der Waals surface area (Å²) in [5, 5.41) is 15.7. The Balaban J connectivity index is 2.73. The summed E-state index contributed by atoms with van der Waals surface area (Å²) in [7, 11) is -3.91. The van der Waals surface area contributed by atoms with Gasteiger partial charge in [-0.25, -0.2) is 4.68 Å². The predicted octanol–water partition coefficient (Wildman–Crippen LogP) is 4.14. The molecule has 1 heterocycles. The molecular weight excluding hydrogens is 422 g/mol. The molecule has 1 aromatic carbocycles. The molecule has 0 N–H and O–H groups in total. The Bertz CT molecular complexity index is 1170. The van der Waals surface area contributed by atoms with Gasteiger partial charge in [-0.1, -0.05) is 19.4 Å². The normalized spacial score (nSPS) is 11.5. The molecule has 0 saturated heterocycles. The molecule has 9 nitrogen and oxygen atoms in total. The van der Waals surface area contributed by atoms with Crippen molar-refractivity contribution in [1.29, 1.82) is 0 Å². The first kappa shape index (κ1) is 24.3. The van der Waals surface area contributed by atoms with E-state index in [1.54, 1.807) is 13.8 Å². The second-order valence-corrected chi connectivity index (χ2v) is 9.65. The van der Waals surface area contributed by atoms with Crippen molar-refractivity contribution in [3.63, 3.8) is 0 Å². The molecule has 10 heteroatoms. The van der Waals surface area contributed by atoms with E-state index in [0.29, 0.717) is 23.2 Å². The maximum atomic E-state index is 13.4. The minimum atomic E-state index is -3.91. The van der Waals surface area contributed by atoms with Gasteiger partial charge in [0.2, 0.25) is 5.88 Å². The lowest BCUT2D eigenvalue weighted by molar-refractivity contribution is -0.385. The van der Waals surface area contributed by atoms with Crippen molar-refractivity contribution >= 4 is 27.2 Å². The first-order chi connectivity index (χ1) is 14.2. The van der Waals surface area contributed by atoms with Gasteiger partial charge in [0, 0.05) is 18.2 Å². The summed E-state index contributed by atoms with van der Waals surface area (Å²) in [6.45, 7) is 11.3. The number of allylic oxidation sites excluding steroid dienone is 2. The second kappa shape index (κ2) is 9.01. The van der Waals surface area contributed by atoms with Gasteiger partial charge in [0.05, 0.1) is 22.9 Å². The number of ketones is 1. The summed E-state index contributed by atoms with van der Waals surface area (Å²) in [5.41, 5.74) is 2.46. The van der Waals surface area contributed by atoms with Crippen molar-refractivity contribution in [2.75, 3.05) is 6.26 Å². The minimum Gasteiger partial charge on any atom is -0.361 e. The zero-order valence-corrected chi connectivity index (χ0v) is 19.5. The molecular formula is C21H27N3O6S. The van der Waals surface area contributed by atoms with Gasteiger partial charge < -0.3 is 4.18 Å². The Morgan fingerprint density at radius 2 is 1.84 bits per heavy atom. The summed E-state index contributed by atoms with van der Waals surface area (Å²) >= 11 is 0. The maximum Gasteiger partial charge on any atom is 0.307 e. The zero-order valence-electron chi connectivity index (χ0n) is 18.7. The molecule has 0 spiro atoms. The quantitative estimate of drug-likeness (QED) is 0.257. The number of carbonyl (C=O) groups is 1. The Morgan fingerprint density at radius 3 is 2.32 bits per heavy atom. The van der Waals surface area contributed by atoms with E-state index in [2.05, 4.69) is 5.10 Å². The molecule has 0 aliphatic carbocycles. The van der Waals surface area contributed by atoms with Crippen LogP contribution in [-0.4, -0.2) is 35.2 Å². The van der Waals surface area contributed by atoms with Crippen LogP contribution in [0.1, 0.15) is 61.7 Å². The third kappa shape index (κ3) is 5.38. The summed E-state index contributed by atoms with van der Waals surface area (Å²) in [6.07, 6.45) is 2.15. The van der Waals surface area contributed by atoms with Crippen LogP contribution < -0.4 is 4.18 Å². The second-order valence-electron chi connectivity index (χ2n) is 8.07. The number of aromatic nitrogens is 2. The number of rotatable bonds is 8. The third-order valence-electron chi connectivity index (χ3n) is 4.81. The highest BCUT2D eigenvalue weighted by atomic mass is 32.2. The summed E-state index contributed by atoms with van der Waals surface area (Å²) in [5.74, 6) is -0.568. The standard InChI is InChI=1S/C21H27N3O6S/c1-12(2)11-23-21(30-31(7,28)29)17(10-22-23)20(25)16-8-9-18(24(26)27)19(15(16)6)14(5)13(3)4/h8-10,12H,11H2,1-7H3. The Kier molecular flexibility index (Phi) is 7.05. The van der Waals surface area contributed by atoms with Crippen molar-refractivity contribution in [2.45, 2.75) is 48.1 Å². The largest absolute Gasteiger partial charge is 0.361 e. The maximum absolute atomic E-state index is 13.4. The average Bonchev–Trinajstić information content (AvgIpc) is 2.99. The molecule has 0 fully saturated rings. The predicted molar refractivity (Wildman–Crippen MR) is 118 cm³/mol. The number of nitrogens with zero attached hydrogens (tertiary/aromatic N) is 3. The van der Waals surface area contributed by atoms with Crippen LogP contribution in [0, 0.1) is 23.0 Å². The van der Waals surface area contributed by atoms with Crippen molar-refractivity contribution in [3.05, 3.63) is 56.3 Å². The van der Waals surface area contributed by atoms with E-state index in [0.717, 1.165) is 11.8 Å². The van der Waals surface area contributed by atoms with Gasteiger partial charge >= 0.3 is 10.1 Å². The summed E-state index contributed by atoms with van der Waals surface area (Å²) in [4.78, 5) is 24.5. The van der Waals surface area contributed by atoms with E-state index >= 15 is 0 Å². The highest BCUT2D eigenvalue weighted by Crippen LogP contribution is 2.35. The number of hydrogen-bond donors (Lipinski definition) is 0. The Morgan fingerprint density at radius 1 is 1.23 bits per heavy atom. The molecule has 0 amide bonds. The zero-order chi connectivity index (χ0) is 23.7. The molecule has 1 aromatic heterocycles. The van der Waals surface area contributed by atoms with E-state index in [-0.39, 0.29) is 28.6 Å². The van der Waals surface area contributed by atoms with Gasteiger partial charge in [-0.2, -0.15) is 13.5 Å². The minimum absolute atomic E-state index is 0.0242. The number of hydrogen-bond acceptors (Lipinski definition) is 7. The smallest absolute Gasteiger partial charge is 0.307 e. The molecule has 0 atom stereocenters. The lowest BCUT2D eigenvalue weighted by atomic mass is 9.90. The SMILES string of the molecule is CC(C)=C(C)c1c([N+](=O)[O-])ccc(C(=O)c2cnn(CC(C)C)c2OS(C)(=O)=O)c1C. The van der Waals surface area contributed by atoms with Gasteiger partial charge in [0.1, 0.15) is 5.56 Å². The van der Waals surface area contributed by atoms with Crippen molar-refractivity contribution < 1.29 is 22.3 Å². The highest BCUT2D eigenvalue weighted by molar-refractivity contribution is 7.86. The van der Waals surface area contributed by atoms with Crippen LogP contribution in [0.3, 0.4) is 0 Å². The van der Waals surface area contributed by atoms with Crippen LogP contribution in [0.15, 0.2) is 23.9 Å². The fourth-order valence-electron chi connectivity index (χ4n) is 3.20. The monoisotopic (exact) mass is 449 g/mol. The molecule has 0 unspecified atom stereocenters. The molecule has 0 aliphatic rings. The lowest BCUT2D eigenvalue weighted by Crippen LogP contribution is -2.16. The fraction of sp³-hybridized carbons (Fsp3) is 0.429. The molecule has 0 bridgehead atoms. The molecule has 0 saturated carbocycles. The Hall–Kier alpha value is -3.01. The number of nitro benzene ring substituents is 1. The first-order valence-electron chi connectivity index (χ1n) is 9.67. The van der Waals surface area contributed by atoms with E-state index in [1.807, 2.05) is 27.7 Å². The van der Waals surface area contributed by atoms with E-state index in [9.17, 15) is 23.3 Å². The average molecular weight is 450 g/mol. The highest BCUT2D eigenvalue weighted by Gasteiger charge is 2.28. The number of benzene rings is 1. The topological polar surface area (TPSA) is 121 Å². The van der Waals surface area contributed by atoms with Gasteiger partial charge in [-0.05, 0) is 50.8 Å². The van der Waals surface area contributed by atoms with Gasteiger partial charge in [-0.3, -0.25) is 14.9 Å². The molecule has 2 aromatic rings. The molecule has 168 valence electrons. The van der Waals surface area contributed by atoms with Gasteiger partial charge in [0.25, 0.3) is 5.69 Å². The summed E-state index contributed by atoms with van der Waals surface area (Å²) in [6, 6.07) is 2.67. The van der Waals surface area contributed by atoms with Gasteiger partial charge in [-0.15, -0.1) is 0 Å². The van der Waals surface area contributed by atoms with Gasteiger partial charge in [0.15, 0.2) is 5.78 Å². The van der Waals surface area contributed by atoms with Crippen LogP contribution in [0.5, 0.6) is 5.88 Å². The Labute approximate surface area is 182 Å². The van der Waals surface area contributed by atoms with Crippen molar-refractivity contribution in [3.8, 4) is 5.88 Å². The van der Waals surface area contributed by atoms with Crippen LogP contribution in [-0.2, 0) is 16.7 Å². The lowest BCUT2D eigenvalue weighted by Gasteiger charge is -2.14. The van der Waals surface area contributed by atoms with Crippen LogP contribution in [0.25, 0.3) is 5.57 Å². The number of nitro groups is 1. The van der Waals surface area contributed by atoms with Crippen LogP contribution in [0.4, 0.5) is 5.69 Å². The fourth-order valence-corrected chi connectivity index (χ4v) is 3.66. The molecule has 0 aliphatic heterocycles. The van der Waals surface area contributed by atoms with Crippen LogP contribution >= 0.6 is 0 Å². The molecule has 0 radical (unpaired) electrons. The third-order valence-corrected chi connectivity index (χ3v) is 5.27. The number of carbonyl (C=O) groups excluding carboxylic acids is 1. The van der Waals surface area contributed by atoms with E-state index < -0.39 is 20.8 Å². The van der Waals surface area contributed by atoms with Crippen molar-refractivity contribution in [1.82, 2.24) is 9.78 Å². The molecule has 2 rings (SSSR count). The molecule has 31 heavy (non-hydrogen) atoms. The van der Waals surface area contributed by atoms with E-state index in [4.69, 9.17) is 4.18 Å². The van der Waals surface area contributed by atoms with Crippen LogP contribution in [0.2, 0.25) is 0 Å². The first-order valence-corrected chi connectivity index (χ1v) is 11.5. The summed E-state index contributed by atoms with van der Waals surface area (Å²) < 4.78 is 30.0. The van der Waals surface area contributed by atoms with E-state index in [1.165, 1.54) is 23.0 Å². The van der Waals surface area contributed by atoms with Crippen molar-refractivity contribution in [2.24, 2.45) is 5.92 Å².